The van der Waals surface area contributed by atoms with E-state index < -0.39 is 10.8 Å². The summed E-state index contributed by atoms with van der Waals surface area (Å²) in [6, 6.07) is 132. The Labute approximate surface area is 671 Å². The first-order valence-electron chi connectivity index (χ1n) is 37.8. The summed E-state index contributed by atoms with van der Waals surface area (Å²) in [5.74, 6) is -0.0974. The fourth-order valence-electron chi connectivity index (χ4n) is 16.3. The molecule has 0 aliphatic carbocycles. The number of rotatable bonds is 16. The molecule has 0 amide bonds. The second kappa shape index (κ2) is 33.8. The zero-order valence-electron chi connectivity index (χ0n) is 64.3. The minimum Gasteiger partial charge on any atom is -0.872 e. The Morgan fingerprint density at radius 2 is 0.500 bits per heavy atom. The molecule has 0 atom stereocenters. The van der Waals surface area contributed by atoms with Crippen molar-refractivity contribution < 1.29 is 29.7 Å². The molecular formula is C105H86N4O2Zn. The van der Waals surface area contributed by atoms with E-state index >= 15 is 10.2 Å². The van der Waals surface area contributed by atoms with E-state index in [0.29, 0.717) is 22.3 Å². The molecule has 17 aromatic rings. The summed E-state index contributed by atoms with van der Waals surface area (Å²) in [7, 11) is 8.33. The van der Waals surface area contributed by atoms with Crippen LogP contribution in [-0.4, -0.2) is 40.6 Å². The zero-order chi connectivity index (χ0) is 76.4. The average Bonchev–Trinajstić information content (AvgIpc) is 0.713. The van der Waals surface area contributed by atoms with Gasteiger partial charge in [0, 0.05) is 74.2 Å². The van der Waals surface area contributed by atoms with Crippen LogP contribution in [0.1, 0.15) is 72.3 Å². The molecule has 0 saturated carbocycles. The Hall–Kier alpha value is -13.1. The van der Waals surface area contributed by atoms with Crippen LogP contribution in [0.2, 0.25) is 0 Å². The first-order valence-corrected chi connectivity index (χ1v) is 37.8. The van der Waals surface area contributed by atoms with Gasteiger partial charge in [0.05, 0.1) is 22.2 Å². The predicted molar refractivity (Wildman–Crippen MR) is 466 cm³/mol. The molecule has 17 aromatic carbocycles. The number of aliphatic imine (C=N–C) groups is 2. The topological polar surface area (TPSA) is 77.3 Å². The molecular weight excluding hydrogens is 1410 g/mol. The second-order valence-corrected chi connectivity index (χ2v) is 28.8. The molecule has 17 rings (SSSR count). The third kappa shape index (κ3) is 14.9. The summed E-state index contributed by atoms with van der Waals surface area (Å²) in [5, 5.41) is 39.3. The van der Waals surface area contributed by atoms with Gasteiger partial charge in [0.15, 0.2) is 0 Å². The molecule has 0 spiro atoms. The average molecular weight is 1500 g/mol. The maximum absolute atomic E-state index is 15.1. The molecule has 0 aromatic heterocycles. The Morgan fingerprint density at radius 3 is 0.759 bits per heavy atom. The maximum atomic E-state index is 15.1. The number of benzene rings is 17. The second-order valence-electron chi connectivity index (χ2n) is 28.8. The van der Waals surface area contributed by atoms with Gasteiger partial charge in [-0.1, -0.05) is 386 Å². The molecule has 0 N–H and O–H groups in total. The monoisotopic (exact) mass is 1500 g/mol. The minimum atomic E-state index is -0.854. The van der Waals surface area contributed by atoms with Crippen molar-refractivity contribution in [1.82, 2.24) is 0 Å². The number of hydrogen-bond donors (Lipinski definition) is 0. The number of hydrogen-bond acceptors (Lipinski definition) is 6. The van der Waals surface area contributed by atoms with Gasteiger partial charge in [-0.15, -0.1) is 0 Å². The Bertz CT molecular complexity index is 5640. The number of nitrogens with zero attached hydrogens (tertiary/aromatic N) is 4. The van der Waals surface area contributed by atoms with Crippen LogP contribution >= 0.6 is 0 Å². The van der Waals surface area contributed by atoms with Crippen molar-refractivity contribution in [2.45, 2.75) is 31.6 Å². The quantitative estimate of drug-likeness (QED) is 0.0549. The van der Waals surface area contributed by atoms with Gasteiger partial charge in [-0.05, 0) is 144 Å². The summed E-state index contributed by atoms with van der Waals surface area (Å²) < 4.78 is 0. The molecule has 0 aliphatic rings. The van der Waals surface area contributed by atoms with Gasteiger partial charge in [-0.25, -0.2) is 0 Å². The van der Waals surface area contributed by atoms with Crippen LogP contribution in [0.25, 0.3) is 65.3 Å². The molecule has 540 valence electrons. The largest absolute Gasteiger partial charge is 2.00 e. The fourth-order valence-corrected chi connectivity index (χ4v) is 16.3. The molecule has 0 heterocycles. The summed E-state index contributed by atoms with van der Waals surface area (Å²) in [6.07, 6.45) is 3.55. The molecule has 0 unspecified atom stereocenters. The molecule has 7 heteroatoms. The van der Waals surface area contributed by atoms with Crippen molar-refractivity contribution in [2.75, 3.05) is 38.0 Å². The molecule has 0 fully saturated rings. The summed E-state index contributed by atoms with van der Waals surface area (Å²) >= 11 is 0. The molecule has 6 nitrogen and oxygen atoms in total. The van der Waals surface area contributed by atoms with Gasteiger partial charge < -0.3 is 20.0 Å². The molecule has 0 saturated heterocycles. The van der Waals surface area contributed by atoms with Crippen molar-refractivity contribution in [3.05, 3.63) is 455 Å². The van der Waals surface area contributed by atoms with E-state index in [1.165, 1.54) is 5.56 Å². The summed E-state index contributed by atoms with van der Waals surface area (Å²) in [5.41, 5.74) is 18.4. The van der Waals surface area contributed by atoms with Gasteiger partial charge in [0.1, 0.15) is 0 Å². The van der Waals surface area contributed by atoms with E-state index in [1.807, 2.05) is 66.7 Å². The van der Waals surface area contributed by atoms with E-state index in [9.17, 15) is 0 Å². The minimum absolute atomic E-state index is 0. The SMILES string of the molecule is Cc1cc(C=Nc2ccc3ccccc3c2-c2c(N(C)C)ccc3ccccc23)c([O-])c(C(c2ccccc2)(c2ccccc2)c2ccccc2)c1.Cc1cc(C=Nc2ccc3ccccc3c2-c2c(N(C)C)ccc3ccccc23)c([O-])c(C(c2ccccc2)(c2ccccc2)c2ccccc2)c1.Cc1ccccc1.[Zn+2]. The Morgan fingerprint density at radius 1 is 0.259 bits per heavy atom. The van der Waals surface area contributed by atoms with Gasteiger partial charge in [-0.2, -0.15) is 0 Å². The van der Waals surface area contributed by atoms with Gasteiger partial charge in [-0.3, -0.25) is 9.98 Å². The van der Waals surface area contributed by atoms with Crippen LogP contribution in [0.5, 0.6) is 11.5 Å². The van der Waals surface area contributed by atoms with Gasteiger partial charge >= 0.3 is 19.5 Å². The van der Waals surface area contributed by atoms with E-state index in [2.05, 4.69) is 374 Å². The van der Waals surface area contributed by atoms with Crippen LogP contribution in [-0.2, 0) is 30.3 Å². The maximum Gasteiger partial charge on any atom is 2.00 e. The normalized spacial score (nSPS) is 11.5. The summed E-state index contributed by atoms with van der Waals surface area (Å²) in [6.45, 7) is 6.21. The predicted octanol–water partition coefficient (Wildman–Crippen LogP) is 24.5. The van der Waals surface area contributed by atoms with E-state index in [-0.39, 0.29) is 31.0 Å². The molecule has 0 bridgehead atoms. The zero-order valence-corrected chi connectivity index (χ0v) is 67.3. The summed E-state index contributed by atoms with van der Waals surface area (Å²) in [4.78, 5) is 14.7. The molecule has 0 aliphatic heterocycles. The van der Waals surface area contributed by atoms with Crippen LogP contribution in [0, 0.1) is 20.8 Å². The number of anilines is 2. The van der Waals surface area contributed by atoms with E-state index in [4.69, 9.17) is 9.98 Å². The van der Waals surface area contributed by atoms with Gasteiger partial charge in [0.2, 0.25) is 0 Å². The van der Waals surface area contributed by atoms with Crippen molar-refractivity contribution in [2.24, 2.45) is 9.98 Å². The Kier molecular flexibility index (Phi) is 22.9. The number of aryl methyl sites for hydroxylation is 3. The van der Waals surface area contributed by atoms with Crippen molar-refractivity contribution in [3.8, 4) is 33.8 Å². The first kappa shape index (κ1) is 75.7. The Balaban J connectivity index is 0.000000169. The number of fused-ring (bicyclic) bond motifs is 4. The van der Waals surface area contributed by atoms with Crippen LogP contribution < -0.4 is 20.0 Å². The van der Waals surface area contributed by atoms with Crippen LogP contribution in [0.15, 0.2) is 392 Å². The molecule has 0 radical (unpaired) electrons. The van der Waals surface area contributed by atoms with Crippen LogP contribution in [0.3, 0.4) is 0 Å². The van der Waals surface area contributed by atoms with E-state index in [0.717, 1.165) is 133 Å². The van der Waals surface area contributed by atoms with Crippen molar-refractivity contribution >= 4 is 78.3 Å². The van der Waals surface area contributed by atoms with Crippen molar-refractivity contribution in [1.29, 1.82) is 0 Å². The third-order valence-electron chi connectivity index (χ3n) is 21.3. The van der Waals surface area contributed by atoms with Crippen LogP contribution in [0.4, 0.5) is 22.7 Å². The fraction of sp³-hybridized carbons (Fsp3) is 0.0857. The van der Waals surface area contributed by atoms with Gasteiger partial charge in [0.25, 0.3) is 0 Å². The molecule has 112 heavy (non-hydrogen) atoms. The van der Waals surface area contributed by atoms with Crippen molar-refractivity contribution in [3.63, 3.8) is 0 Å². The standard InChI is InChI=1S/2C49H40N2O.C7H8.Zn/c2*1-34-31-37(48(52)43(32-34)49(38-19-7-4-8-20-38,39-21-9-5-10-22-39)40-23-11-6-12-24-40)33-50-44-29-27-35-17-13-15-25-41(35)46(44)47-42-26-16-14-18-36(42)28-30-45(47)51(2)3;1-7-5-3-2-4-6-7;/h2*4-33,52H,1-3H3;2-6H,1H3;/q;;;+2/p-2. The third-order valence-corrected chi connectivity index (χ3v) is 21.3. The smallest absolute Gasteiger partial charge is 0.872 e. The first-order chi connectivity index (χ1) is 54.3. The van der Waals surface area contributed by atoms with E-state index in [1.54, 1.807) is 12.4 Å².